The van der Waals surface area contributed by atoms with Crippen molar-refractivity contribution in [3.8, 4) is 11.5 Å². The SMILES string of the molecule is CN(C)CCOC(=O)CC1c2ccccc2Oc2ccccc21. The first kappa shape index (κ1) is 15.6. The number of carbonyl (C=O) groups is 1. The monoisotopic (exact) mass is 311 g/mol. The number of likely N-dealkylation sites (N-methyl/N-ethyl adjacent to an activating group) is 1. The van der Waals surface area contributed by atoms with Gasteiger partial charge in [-0.1, -0.05) is 36.4 Å². The maximum atomic E-state index is 12.2. The summed E-state index contributed by atoms with van der Waals surface area (Å²) in [5.41, 5.74) is 2.08. The lowest BCUT2D eigenvalue weighted by Gasteiger charge is -2.27. The molecule has 0 unspecified atom stereocenters. The Labute approximate surface area is 136 Å². The Morgan fingerprint density at radius 2 is 1.61 bits per heavy atom. The highest BCUT2D eigenvalue weighted by Crippen LogP contribution is 2.45. The second-order valence-electron chi connectivity index (χ2n) is 5.96. The normalized spacial score (nSPS) is 13.2. The Morgan fingerprint density at radius 3 is 2.17 bits per heavy atom. The number of carbonyl (C=O) groups excluding carboxylic acids is 1. The first-order chi connectivity index (χ1) is 11.1. The van der Waals surface area contributed by atoms with Gasteiger partial charge in [0.25, 0.3) is 0 Å². The summed E-state index contributed by atoms with van der Waals surface area (Å²) in [4.78, 5) is 14.2. The van der Waals surface area contributed by atoms with Crippen LogP contribution in [0.25, 0.3) is 0 Å². The molecule has 0 aromatic heterocycles. The molecular weight excluding hydrogens is 290 g/mol. The van der Waals surface area contributed by atoms with Crippen LogP contribution in [-0.2, 0) is 9.53 Å². The number of hydrogen-bond donors (Lipinski definition) is 0. The van der Waals surface area contributed by atoms with Crippen molar-refractivity contribution in [2.45, 2.75) is 12.3 Å². The van der Waals surface area contributed by atoms with Crippen molar-refractivity contribution >= 4 is 5.97 Å². The van der Waals surface area contributed by atoms with Gasteiger partial charge in [-0.25, -0.2) is 0 Å². The van der Waals surface area contributed by atoms with Crippen molar-refractivity contribution in [1.82, 2.24) is 4.90 Å². The molecule has 0 atom stereocenters. The van der Waals surface area contributed by atoms with E-state index in [0.717, 1.165) is 29.2 Å². The number of ether oxygens (including phenoxy) is 2. The van der Waals surface area contributed by atoms with Crippen LogP contribution in [0.3, 0.4) is 0 Å². The standard InChI is InChI=1S/C19H21NO3/c1-20(2)11-12-22-19(21)13-16-14-7-3-5-9-17(14)23-18-10-6-4-8-15(16)18/h3-10,16H,11-13H2,1-2H3. The van der Waals surface area contributed by atoms with Crippen LogP contribution < -0.4 is 4.74 Å². The highest BCUT2D eigenvalue weighted by Gasteiger charge is 2.29. The number of esters is 1. The van der Waals surface area contributed by atoms with Gasteiger partial charge in [0, 0.05) is 23.6 Å². The van der Waals surface area contributed by atoms with Crippen molar-refractivity contribution in [2.24, 2.45) is 0 Å². The van der Waals surface area contributed by atoms with Crippen LogP contribution in [0.1, 0.15) is 23.5 Å². The molecule has 0 spiro atoms. The Hall–Kier alpha value is -2.33. The molecule has 3 rings (SSSR count). The van der Waals surface area contributed by atoms with Gasteiger partial charge in [-0.15, -0.1) is 0 Å². The first-order valence-corrected chi connectivity index (χ1v) is 7.81. The van der Waals surface area contributed by atoms with Crippen molar-refractivity contribution in [1.29, 1.82) is 0 Å². The third-order valence-corrected chi connectivity index (χ3v) is 3.98. The van der Waals surface area contributed by atoms with Gasteiger partial charge < -0.3 is 14.4 Å². The molecule has 0 saturated heterocycles. The van der Waals surface area contributed by atoms with Gasteiger partial charge in [0.05, 0.1) is 6.42 Å². The average molecular weight is 311 g/mol. The van der Waals surface area contributed by atoms with Gasteiger partial charge in [0.1, 0.15) is 18.1 Å². The third kappa shape index (κ3) is 3.54. The zero-order valence-electron chi connectivity index (χ0n) is 13.5. The van der Waals surface area contributed by atoms with Crippen molar-refractivity contribution in [3.63, 3.8) is 0 Å². The summed E-state index contributed by atoms with van der Waals surface area (Å²) in [5.74, 6) is 1.43. The van der Waals surface area contributed by atoms with E-state index in [1.54, 1.807) is 0 Å². The van der Waals surface area contributed by atoms with E-state index < -0.39 is 0 Å². The zero-order chi connectivity index (χ0) is 16.2. The van der Waals surface area contributed by atoms with Crippen LogP contribution in [0.4, 0.5) is 0 Å². The summed E-state index contributed by atoms with van der Waals surface area (Å²) >= 11 is 0. The summed E-state index contributed by atoms with van der Waals surface area (Å²) in [6, 6.07) is 15.7. The fourth-order valence-electron chi connectivity index (χ4n) is 2.80. The molecule has 4 nitrogen and oxygen atoms in total. The topological polar surface area (TPSA) is 38.8 Å². The summed E-state index contributed by atoms with van der Waals surface area (Å²) in [6.07, 6.45) is 0.324. The van der Waals surface area contributed by atoms with Crippen molar-refractivity contribution < 1.29 is 14.3 Å². The van der Waals surface area contributed by atoms with Gasteiger partial charge in [0.15, 0.2) is 0 Å². The lowest BCUT2D eigenvalue weighted by Crippen LogP contribution is -2.21. The minimum Gasteiger partial charge on any atom is -0.464 e. The lowest BCUT2D eigenvalue weighted by molar-refractivity contribution is -0.144. The van der Waals surface area contributed by atoms with Crippen LogP contribution >= 0.6 is 0 Å². The van der Waals surface area contributed by atoms with E-state index in [1.165, 1.54) is 0 Å². The van der Waals surface area contributed by atoms with Crippen LogP contribution in [0.15, 0.2) is 48.5 Å². The number of fused-ring (bicyclic) bond motifs is 2. The average Bonchev–Trinajstić information content (AvgIpc) is 2.54. The zero-order valence-corrected chi connectivity index (χ0v) is 13.5. The van der Waals surface area contributed by atoms with Crippen LogP contribution in [0.5, 0.6) is 11.5 Å². The molecule has 4 heteroatoms. The highest BCUT2D eigenvalue weighted by molar-refractivity contribution is 5.72. The molecule has 0 aliphatic carbocycles. The fourth-order valence-corrected chi connectivity index (χ4v) is 2.80. The summed E-state index contributed by atoms with van der Waals surface area (Å²) in [5, 5.41) is 0. The van der Waals surface area contributed by atoms with Gasteiger partial charge in [-0.3, -0.25) is 4.79 Å². The van der Waals surface area contributed by atoms with Crippen molar-refractivity contribution in [2.75, 3.05) is 27.2 Å². The predicted octanol–water partition coefficient (Wildman–Crippen LogP) is 3.42. The van der Waals surface area contributed by atoms with E-state index in [-0.39, 0.29) is 11.9 Å². The second-order valence-corrected chi connectivity index (χ2v) is 5.96. The van der Waals surface area contributed by atoms with E-state index >= 15 is 0 Å². The molecule has 0 radical (unpaired) electrons. The maximum absolute atomic E-state index is 12.2. The molecule has 0 bridgehead atoms. The van der Waals surface area contributed by atoms with E-state index in [1.807, 2.05) is 67.5 Å². The number of rotatable bonds is 5. The molecule has 1 aliphatic rings. The number of hydrogen-bond acceptors (Lipinski definition) is 4. The molecule has 1 aliphatic heterocycles. The van der Waals surface area contributed by atoms with Crippen LogP contribution in [0, 0.1) is 0 Å². The molecule has 2 aromatic carbocycles. The van der Waals surface area contributed by atoms with Gasteiger partial charge >= 0.3 is 5.97 Å². The molecule has 120 valence electrons. The van der Waals surface area contributed by atoms with Gasteiger partial charge in [-0.05, 0) is 26.2 Å². The number of benzene rings is 2. The molecule has 0 fully saturated rings. The summed E-state index contributed by atoms with van der Waals surface area (Å²) in [7, 11) is 3.91. The van der Waals surface area contributed by atoms with E-state index in [0.29, 0.717) is 13.0 Å². The Morgan fingerprint density at radius 1 is 1.04 bits per heavy atom. The largest absolute Gasteiger partial charge is 0.464 e. The van der Waals surface area contributed by atoms with E-state index in [9.17, 15) is 4.79 Å². The second kappa shape index (κ2) is 6.84. The maximum Gasteiger partial charge on any atom is 0.306 e. The Kier molecular flexibility index (Phi) is 4.63. The highest BCUT2D eigenvalue weighted by atomic mass is 16.5. The van der Waals surface area contributed by atoms with E-state index in [2.05, 4.69) is 0 Å². The molecule has 1 heterocycles. The number of nitrogens with zero attached hydrogens (tertiary/aromatic N) is 1. The quantitative estimate of drug-likeness (QED) is 0.793. The summed E-state index contributed by atoms with van der Waals surface area (Å²) in [6.45, 7) is 1.14. The number of para-hydroxylation sites is 2. The van der Waals surface area contributed by atoms with Crippen LogP contribution in [-0.4, -0.2) is 38.1 Å². The Balaban J connectivity index is 1.80. The van der Waals surface area contributed by atoms with Gasteiger partial charge in [0.2, 0.25) is 0 Å². The van der Waals surface area contributed by atoms with Gasteiger partial charge in [-0.2, -0.15) is 0 Å². The Bertz CT molecular complexity index is 651. The molecule has 0 N–H and O–H groups in total. The minimum absolute atomic E-state index is 0.0250. The lowest BCUT2D eigenvalue weighted by atomic mass is 9.85. The smallest absolute Gasteiger partial charge is 0.306 e. The molecule has 0 saturated carbocycles. The predicted molar refractivity (Wildman–Crippen MR) is 88.9 cm³/mol. The first-order valence-electron chi connectivity index (χ1n) is 7.81. The molecule has 23 heavy (non-hydrogen) atoms. The third-order valence-electron chi connectivity index (χ3n) is 3.98. The molecule has 2 aromatic rings. The molecule has 0 amide bonds. The summed E-state index contributed by atoms with van der Waals surface area (Å²) < 4.78 is 11.3. The minimum atomic E-state index is -0.177. The fraction of sp³-hybridized carbons (Fsp3) is 0.316. The van der Waals surface area contributed by atoms with Crippen LogP contribution in [0.2, 0.25) is 0 Å². The van der Waals surface area contributed by atoms with E-state index in [4.69, 9.17) is 9.47 Å². The van der Waals surface area contributed by atoms with Crippen molar-refractivity contribution in [3.05, 3.63) is 59.7 Å². The molecular formula is C19H21NO3.